The van der Waals surface area contributed by atoms with Crippen molar-refractivity contribution in [3.63, 3.8) is 0 Å². The smallest absolute Gasteiger partial charge is 0.193 e. The molecule has 0 bridgehead atoms. The van der Waals surface area contributed by atoms with Gasteiger partial charge in [0.2, 0.25) is 0 Å². The minimum Gasteiger partial charge on any atom is -0.289 e. The zero-order valence-corrected chi connectivity index (χ0v) is 8.03. The summed E-state index contributed by atoms with van der Waals surface area (Å²) in [5.74, 6) is 0.0760. The summed E-state index contributed by atoms with van der Waals surface area (Å²) in [6.07, 6.45) is 0. The third kappa shape index (κ3) is 1.39. The van der Waals surface area contributed by atoms with Crippen molar-refractivity contribution in [2.24, 2.45) is 0 Å². The molecule has 0 spiro atoms. The first-order valence-corrected chi connectivity index (χ1v) is 4.85. The van der Waals surface area contributed by atoms with Crippen molar-refractivity contribution in [2.75, 3.05) is 0 Å². The van der Waals surface area contributed by atoms with Crippen LogP contribution in [0.2, 0.25) is 0 Å². The molecule has 2 aromatic carbocycles. The SMILES string of the molecule is O=C(c1ccccc1)c1ccc2c(c1)=C=2. The highest BCUT2D eigenvalue weighted by molar-refractivity contribution is 6.09. The lowest BCUT2D eigenvalue weighted by atomic mass is 10.0. The Balaban J connectivity index is 2.03. The third-order valence-corrected chi connectivity index (χ3v) is 2.52. The van der Waals surface area contributed by atoms with Crippen molar-refractivity contribution in [1.82, 2.24) is 0 Å². The van der Waals surface area contributed by atoms with E-state index in [1.54, 1.807) is 0 Å². The minimum absolute atomic E-state index is 0.0760. The van der Waals surface area contributed by atoms with Crippen LogP contribution >= 0.6 is 0 Å². The molecule has 70 valence electrons. The first kappa shape index (κ1) is 8.22. The Kier molecular flexibility index (Phi) is 1.61. The van der Waals surface area contributed by atoms with E-state index in [2.05, 4.69) is 5.73 Å². The second kappa shape index (κ2) is 2.94. The van der Waals surface area contributed by atoms with Crippen LogP contribution in [0.4, 0.5) is 0 Å². The summed E-state index contributed by atoms with van der Waals surface area (Å²) in [6, 6.07) is 15.0. The van der Waals surface area contributed by atoms with Gasteiger partial charge in [0, 0.05) is 21.6 Å². The molecule has 3 rings (SSSR count). The standard InChI is InChI=1S/C14H8O/c15-14(10-4-2-1-3-5-10)12-7-6-11-8-13(11)9-12/h1-7,9H. The van der Waals surface area contributed by atoms with Crippen molar-refractivity contribution >= 4 is 11.5 Å². The van der Waals surface area contributed by atoms with E-state index in [0.29, 0.717) is 0 Å². The summed E-state index contributed by atoms with van der Waals surface area (Å²) in [7, 11) is 0. The summed E-state index contributed by atoms with van der Waals surface area (Å²) in [6.45, 7) is 0. The van der Waals surface area contributed by atoms with Crippen molar-refractivity contribution in [2.45, 2.75) is 0 Å². The first-order chi connectivity index (χ1) is 7.34. The van der Waals surface area contributed by atoms with Gasteiger partial charge < -0.3 is 0 Å². The molecule has 0 saturated carbocycles. The topological polar surface area (TPSA) is 17.1 Å². The predicted molar refractivity (Wildman–Crippen MR) is 58.1 cm³/mol. The highest BCUT2D eigenvalue weighted by atomic mass is 16.1. The van der Waals surface area contributed by atoms with Gasteiger partial charge in [0.1, 0.15) is 0 Å². The van der Waals surface area contributed by atoms with E-state index in [9.17, 15) is 4.79 Å². The molecule has 0 radical (unpaired) electrons. The molecule has 15 heavy (non-hydrogen) atoms. The zero-order valence-electron chi connectivity index (χ0n) is 8.03. The first-order valence-electron chi connectivity index (χ1n) is 4.85. The van der Waals surface area contributed by atoms with Gasteiger partial charge in [-0.15, -0.1) is 5.73 Å². The normalized spacial score (nSPS) is 10.9. The second-order valence-electron chi connectivity index (χ2n) is 3.58. The van der Waals surface area contributed by atoms with E-state index in [0.717, 1.165) is 21.6 Å². The van der Waals surface area contributed by atoms with E-state index in [4.69, 9.17) is 0 Å². The molecule has 0 saturated heterocycles. The molecule has 1 aliphatic rings. The number of fused-ring (bicyclic) bond motifs is 1. The van der Waals surface area contributed by atoms with E-state index in [1.807, 2.05) is 48.5 Å². The van der Waals surface area contributed by atoms with Crippen LogP contribution in [0.1, 0.15) is 15.9 Å². The number of ketones is 1. The number of rotatable bonds is 2. The number of hydrogen-bond donors (Lipinski definition) is 0. The molecular formula is C14H8O. The lowest BCUT2D eigenvalue weighted by Gasteiger charge is -1.98. The molecule has 0 unspecified atom stereocenters. The second-order valence-corrected chi connectivity index (χ2v) is 3.58. The fraction of sp³-hybridized carbons (Fsp3) is 0. The van der Waals surface area contributed by atoms with Crippen molar-refractivity contribution in [3.05, 3.63) is 70.1 Å². The molecule has 0 amide bonds. The molecule has 0 aliphatic heterocycles. The Morgan fingerprint density at radius 3 is 2.40 bits per heavy atom. The van der Waals surface area contributed by atoms with Gasteiger partial charge in [-0.05, 0) is 18.2 Å². The number of carbonyl (C=O) groups is 1. The van der Waals surface area contributed by atoms with Crippen LogP contribution in [0.3, 0.4) is 0 Å². The monoisotopic (exact) mass is 192 g/mol. The molecule has 0 fully saturated rings. The van der Waals surface area contributed by atoms with Crippen LogP contribution in [0, 0.1) is 0 Å². The van der Waals surface area contributed by atoms with Crippen LogP contribution in [-0.2, 0) is 0 Å². The quantitative estimate of drug-likeness (QED) is 0.553. The lowest BCUT2D eigenvalue weighted by molar-refractivity contribution is 0.103. The Morgan fingerprint density at radius 2 is 1.67 bits per heavy atom. The summed E-state index contributed by atoms with van der Waals surface area (Å²) < 4.78 is 0. The van der Waals surface area contributed by atoms with E-state index >= 15 is 0 Å². The van der Waals surface area contributed by atoms with Crippen molar-refractivity contribution in [1.29, 1.82) is 0 Å². The van der Waals surface area contributed by atoms with Gasteiger partial charge in [-0.1, -0.05) is 30.3 Å². The van der Waals surface area contributed by atoms with Gasteiger partial charge in [-0.25, -0.2) is 0 Å². The largest absolute Gasteiger partial charge is 0.289 e. The van der Waals surface area contributed by atoms with Gasteiger partial charge >= 0.3 is 0 Å². The molecule has 0 heterocycles. The van der Waals surface area contributed by atoms with Crippen LogP contribution < -0.4 is 10.4 Å². The van der Waals surface area contributed by atoms with Gasteiger partial charge in [0.05, 0.1) is 0 Å². The Bertz CT molecular complexity index is 662. The van der Waals surface area contributed by atoms with E-state index in [1.165, 1.54) is 0 Å². The molecule has 2 aromatic rings. The molecule has 0 atom stereocenters. The summed E-state index contributed by atoms with van der Waals surface area (Å²) in [5, 5.41) is 2.19. The summed E-state index contributed by atoms with van der Waals surface area (Å²) >= 11 is 0. The fourth-order valence-electron chi connectivity index (χ4n) is 1.63. The van der Waals surface area contributed by atoms with Crippen molar-refractivity contribution < 1.29 is 4.79 Å². The van der Waals surface area contributed by atoms with Gasteiger partial charge in [0.25, 0.3) is 0 Å². The van der Waals surface area contributed by atoms with Gasteiger partial charge in [0.15, 0.2) is 5.78 Å². The molecular weight excluding hydrogens is 184 g/mol. The molecule has 1 heteroatoms. The molecule has 0 aromatic heterocycles. The summed E-state index contributed by atoms with van der Waals surface area (Å²) in [5.41, 5.74) is 4.56. The number of benzene rings is 2. The minimum atomic E-state index is 0.0760. The van der Waals surface area contributed by atoms with Gasteiger partial charge in [-0.2, -0.15) is 0 Å². The fourth-order valence-corrected chi connectivity index (χ4v) is 1.63. The lowest BCUT2D eigenvalue weighted by Crippen LogP contribution is -2.11. The zero-order chi connectivity index (χ0) is 10.3. The van der Waals surface area contributed by atoms with Crippen LogP contribution in [-0.4, -0.2) is 5.78 Å². The Hall–Kier alpha value is -2.11. The molecule has 0 N–H and O–H groups in total. The maximum atomic E-state index is 12.0. The van der Waals surface area contributed by atoms with Crippen LogP contribution in [0.5, 0.6) is 0 Å². The Labute approximate surface area is 87.0 Å². The maximum Gasteiger partial charge on any atom is 0.193 e. The maximum absolute atomic E-state index is 12.0. The average Bonchev–Trinajstić information content (AvgIpc) is 3.07. The van der Waals surface area contributed by atoms with E-state index < -0.39 is 0 Å². The van der Waals surface area contributed by atoms with Crippen LogP contribution in [0.25, 0.3) is 5.73 Å². The van der Waals surface area contributed by atoms with Crippen LogP contribution in [0.15, 0.2) is 48.5 Å². The highest BCUT2D eigenvalue weighted by Crippen LogP contribution is 2.06. The number of hydrogen-bond acceptors (Lipinski definition) is 1. The third-order valence-electron chi connectivity index (χ3n) is 2.52. The molecule has 1 nitrogen and oxygen atoms in total. The van der Waals surface area contributed by atoms with Gasteiger partial charge in [-0.3, -0.25) is 4.79 Å². The van der Waals surface area contributed by atoms with Crippen molar-refractivity contribution in [3.8, 4) is 0 Å². The highest BCUT2D eigenvalue weighted by Gasteiger charge is 2.09. The number of carbonyl (C=O) groups excluding carboxylic acids is 1. The average molecular weight is 192 g/mol. The summed E-state index contributed by atoms with van der Waals surface area (Å²) in [4.78, 5) is 12.0. The predicted octanol–water partition coefficient (Wildman–Crippen LogP) is 0.982. The Morgan fingerprint density at radius 1 is 0.867 bits per heavy atom. The molecule has 1 aliphatic carbocycles. The van der Waals surface area contributed by atoms with E-state index in [-0.39, 0.29) is 5.78 Å².